The lowest BCUT2D eigenvalue weighted by molar-refractivity contribution is -0.262. The summed E-state index contributed by atoms with van der Waals surface area (Å²) < 4.78 is 12.7. The number of hydrogen-bond acceptors (Lipinski definition) is 6. The third-order valence-electron chi connectivity index (χ3n) is 12.7. The highest BCUT2D eigenvalue weighted by Crippen LogP contribution is 2.78. The van der Waals surface area contributed by atoms with Crippen molar-refractivity contribution in [1.82, 2.24) is 0 Å². The van der Waals surface area contributed by atoms with Crippen LogP contribution in [0.5, 0.6) is 0 Å². The molecule has 0 aromatic heterocycles. The van der Waals surface area contributed by atoms with E-state index in [9.17, 15) is 19.8 Å². The third-order valence-corrected chi connectivity index (χ3v) is 12.7. The Hall–Kier alpha value is -1.76. The Labute approximate surface area is 220 Å². The minimum absolute atomic E-state index is 0.172. The maximum Gasteiger partial charge on any atom is 0.336 e. The Bertz CT molecular complexity index is 1210. The fourth-order valence-corrected chi connectivity index (χ4v) is 10.1. The van der Waals surface area contributed by atoms with Crippen LogP contribution < -0.4 is 0 Å². The van der Waals surface area contributed by atoms with Crippen molar-refractivity contribution in [3.8, 4) is 0 Å². The van der Waals surface area contributed by atoms with Gasteiger partial charge in [0.05, 0.1) is 23.7 Å². The van der Waals surface area contributed by atoms with Crippen LogP contribution in [0.1, 0.15) is 81.1 Å². The molecular weight excluding hydrogens is 468 g/mol. The molecule has 0 bridgehead atoms. The molecule has 1 spiro atoms. The van der Waals surface area contributed by atoms with Gasteiger partial charge in [-0.3, -0.25) is 0 Å². The van der Waals surface area contributed by atoms with Crippen molar-refractivity contribution >= 4 is 12.3 Å². The molecule has 2 aliphatic heterocycles. The number of allylic oxidation sites excluding steroid dienone is 2. The molecule has 6 rings (SSSR count). The fraction of sp³-hybridized carbons (Fsp3) is 0.742. The lowest BCUT2D eigenvalue weighted by Crippen LogP contribution is -2.57. The second kappa shape index (κ2) is 7.05. The standard InChI is InChI=1S/C31H42O6/c1-16-12-31(18(3)17(2)25(35)37-31)36-19-13-28(7)27(6,24(16)19)10-9-20-29(8)21(14-30(20,28)15-32)26(4,5)22(33)11-23(29)34/h9,14-16,19,22-24,33-34H,10-13H2,1-8H3. The van der Waals surface area contributed by atoms with Crippen molar-refractivity contribution < 1.29 is 29.3 Å². The van der Waals surface area contributed by atoms with E-state index in [0.29, 0.717) is 18.4 Å². The van der Waals surface area contributed by atoms with E-state index in [0.717, 1.165) is 29.4 Å². The van der Waals surface area contributed by atoms with Gasteiger partial charge in [-0.25, -0.2) is 4.79 Å². The van der Waals surface area contributed by atoms with Gasteiger partial charge in [-0.05, 0) is 61.9 Å². The number of aliphatic hydroxyl groups excluding tert-OH is 2. The van der Waals surface area contributed by atoms with Gasteiger partial charge in [-0.15, -0.1) is 0 Å². The van der Waals surface area contributed by atoms with Crippen LogP contribution in [0.3, 0.4) is 0 Å². The molecule has 10 unspecified atom stereocenters. The van der Waals surface area contributed by atoms with Crippen LogP contribution >= 0.6 is 0 Å². The zero-order valence-corrected chi connectivity index (χ0v) is 23.5. The van der Waals surface area contributed by atoms with E-state index in [1.165, 1.54) is 0 Å². The molecule has 37 heavy (non-hydrogen) atoms. The van der Waals surface area contributed by atoms with Gasteiger partial charge >= 0.3 is 5.97 Å². The summed E-state index contributed by atoms with van der Waals surface area (Å²) in [6, 6.07) is 0. The Morgan fingerprint density at radius 2 is 1.70 bits per heavy atom. The van der Waals surface area contributed by atoms with Crippen LogP contribution in [0.2, 0.25) is 0 Å². The molecule has 1 saturated heterocycles. The smallest absolute Gasteiger partial charge is 0.336 e. The maximum atomic E-state index is 13.5. The summed E-state index contributed by atoms with van der Waals surface area (Å²) in [6.07, 6.45) is 6.18. The van der Waals surface area contributed by atoms with Crippen LogP contribution in [-0.2, 0) is 19.1 Å². The Kier molecular flexibility index (Phi) is 4.86. The average Bonchev–Trinajstić information content (AvgIpc) is 3.32. The van der Waals surface area contributed by atoms with Crippen molar-refractivity contribution in [2.45, 2.75) is 105 Å². The predicted octanol–water partition coefficient (Wildman–Crippen LogP) is 4.65. The van der Waals surface area contributed by atoms with Gasteiger partial charge in [0.15, 0.2) is 0 Å². The summed E-state index contributed by atoms with van der Waals surface area (Å²) in [4.78, 5) is 26.0. The Balaban J connectivity index is 1.51. The summed E-state index contributed by atoms with van der Waals surface area (Å²) in [6.45, 7) is 16.6. The number of rotatable bonds is 1. The Morgan fingerprint density at radius 3 is 2.30 bits per heavy atom. The SMILES string of the molecule is CC1=C(C)C2(CC(C)C3C(CC4(C)C5(C=O)C=C6C(C)(C)C(O)CC(O)C6(C)C5=CCC34C)O2)OC1=O. The first kappa shape index (κ1) is 25.5. The molecule has 6 aliphatic rings. The molecule has 6 nitrogen and oxygen atoms in total. The number of aliphatic hydroxyl groups is 2. The predicted molar refractivity (Wildman–Crippen MR) is 138 cm³/mol. The molecule has 2 heterocycles. The Morgan fingerprint density at radius 1 is 1.03 bits per heavy atom. The molecule has 10 atom stereocenters. The highest BCUT2D eigenvalue weighted by molar-refractivity contribution is 5.92. The summed E-state index contributed by atoms with van der Waals surface area (Å²) in [5.41, 5.74) is 0.534. The summed E-state index contributed by atoms with van der Waals surface area (Å²) >= 11 is 0. The second-order valence-electron chi connectivity index (χ2n) is 14.3. The van der Waals surface area contributed by atoms with Gasteiger partial charge in [0.2, 0.25) is 5.79 Å². The topological polar surface area (TPSA) is 93.1 Å². The number of hydrogen-bond donors (Lipinski definition) is 2. The molecule has 0 aromatic rings. The van der Waals surface area contributed by atoms with E-state index in [1.807, 2.05) is 20.8 Å². The summed E-state index contributed by atoms with van der Waals surface area (Å²) in [7, 11) is 0. The van der Waals surface area contributed by atoms with Crippen LogP contribution in [0.15, 0.2) is 34.4 Å². The van der Waals surface area contributed by atoms with Crippen molar-refractivity contribution in [1.29, 1.82) is 0 Å². The van der Waals surface area contributed by atoms with E-state index < -0.39 is 39.7 Å². The van der Waals surface area contributed by atoms with Gasteiger partial charge in [0.1, 0.15) is 6.29 Å². The number of carbonyl (C=O) groups excluding carboxylic acids is 2. The first-order valence-corrected chi connectivity index (χ1v) is 13.9. The van der Waals surface area contributed by atoms with Crippen molar-refractivity contribution in [2.24, 2.45) is 38.9 Å². The minimum Gasteiger partial charge on any atom is -0.426 e. The van der Waals surface area contributed by atoms with Crippen molar-refractivity contribution in [3.63, 3.8) is 0 Å². The average molecular weight is 511 g/mol. The number of esters is 1. The van der Waals surface area contributed by atoms with Crippen molar-refractivity contribution in [3.05, 3.63) is 34.4 Å². The van der Waals surface area contributed by atoms with Gasteiger partial charge in [-0.2, -0.15) is 0 Å². The lowest BCUT2D eigenvalue weighted by Gasteiger charge is -2.58. The monoisotopic (exact) mass is 510 g/mol. The van der Waals surface area contributed by atoms with Crippen LogP contribution in [0.25, 0.3) is 0 Å². The van der Waals surface area contributed by atoms with Gasteiger partial charge < -0.3 is 24.5 Å². The molecule has 0 aromatic carbocycles. The van der Waals surface area contributed by atoms with E-state index in [2.05, 4.69) is 39.8 Å². The maximum absolute atomic E-state index is 13.5. The van der Waals surface area contributed by atoms with Crippen LogP contribution in [-0.4, -0.2) is 46.6 Å². The largest absolute Gasteiger partial charge is 0.426 e. The number of aldehydes is 1. The number of fused-ring (bicyclic) bond motifs is 7. The molecule has 0 amide bonds. The zero-order chi connectivity index (χ0) is 27.1. The highest BCUT2D eigenvalue weighted by atomic mass is 16.7. The molecule has 4 aliphatic carbocycles. The molecule has 2 N–H and O–H groups in total. The van der Waals surface area contributed by atoms with E-state index >= 15 is 0 Å². The molecule has 3 fully saturated rings. The number of ether oxygens (including phenoxy) is 2. The molecule has 6 heteroatoms. The van der Waals surface area contributed by atoms with Crippen LogP contribution in [0, 0.1) is 38.9 Å². The molecule has 202 valence electrons. The lowest BCUT2D eigenvalue weighted by atomic mass is 9.44. The highest BCUT2D eigenvalue weighted by Gasteiger charge is 2.76. The first-order chi connectivity index (χ1) is 17.1. The first-order valence-electron chi connectivity index (χ1n) is 13.9. The minimum atomic E-state index is -1.02. The quantitative estimate of drug-likeness (QED) is 0.303. The summed E-state index contributed by atoms with van der Waals surface area (Å²) in [5.74, 6) is -0.934. The third kappa shape index (κ3) is 2.55. The van der Waals surface area contributed by atoms with E-state index in [4.69, 9.17) is 9.47 Å². The van der Waals surface area contributed by atoms with Gasteiger partial charge in [-0.1, -0.05) is 52.3 Å². The molecule has 0 radical (unpaired) electrons. The molecular formula is C31H42O6. The number of carbonyl (C=O) groups is 2. The normalized spacial score (nSPS) is 53.7. The second-order valence-corrected chi connectivity index (χ2v) is 14.3. The zero-order valence-electron chi connectivity index (χ0n) is 23.5. The summed E-state index contributed by atoms with van der Waals surface area (Å²) in [5, 5.41) is 22.4. The molecule has 2 saturated carbocycles. The van der Waals surface area contributed by atoms with Crippen molar-refractivity contribution in [2.75, 3.05) is 0 Å². The fourth-order valence-electron chi connectivity index (χ4n) is 10.1. The van der Waals surface area contributed by atoms with E-state index in [-0.39, 0.29) is 35.7 Å². The van der Waals surface area contributed by atoms with Gasteiger partial charge in [0, 0.05) is 34.8 Å². The van der Waals surface area contributed by atoms with Gasteiger partial charge in [0.25, 0.3) is 0 Å². The van der Waals surface area contributed by atoms with E-state index in [1.54, 1.807) is 6.92 Å². The van der Waals surface area contributed by atoms with Crippen LogP contribution in [0.4, 0.5) is 0 Å².